The van der Waals surface area contributed by atoms with Crippen molar-refractivity contribution in [2.75, 3.05) is 26.3 Å². The van der Waals surface area contributed by atoms with E-state index in [1.807, 2.05) is 0 Å². The molecule has 0 aromatic rings. The topological polar surface area (TPSA) is 49.8 Å². The van der Waals surface area contributed by atoms with Gasteiger partial charge in [0, 0.05) is 13.1 Å². The van der Waals surface area contributed by atoms with E-state index >= 15 is 0 Å². The molecule has 1 atom stereocenters. The number of carboxylic acid groups (broad SMARTS) is 1. The maximum atomic E-state index is 12.4. The summed E-state index contributed by atoms with van der Waals surface area (Å²) in [5.41, 5.74) is 0. The van der Waals surface area contributed by atoms with Gasteiger partial charge in [-0.3, -0.25) is 0 Å². The van der Waals surface area contributed by atoms with Crippen LogP contribution in [0.3, 0.4) is 0 Å². The Morgan fingerprint density at radius 2 is 2.19 bits per heavy atom. The maximum Gasteiger partial charge on any atom is 0.459 e. The molecule has 1 fully saturated rings. The fourth-order valence-electron chi connectivity index (χ4n) is 1.74. The number of ether oxygens (including phenoxy) is 1. The second-order valence-corrected chi connectivity index (χ2v) is 3.83. The Kier molecular flexibility index (Phi) is 4.55. The molecule has 0 aliphatic carbocycles. The van der Waals surface area contributed by atoms with Crippen LogP contribution in [0, 0.1) is 5.92 Å². The van der Waals surface area contributed by atoms with E-state index in [1.165, 1.54) is 0 Å². The molecule has 7 heteroatoms. The van der Waals surface area contributed by atoms with Crippen LogP contribution in [0.25, 0.3) is 0 Å². The molecule has 0 bridgehead atoms. The van der Waals surface area contributed by atoms with Gasteiger partial charge in [0.2, 0.25) is 0 Å². The third-order valence-electron chi connectivity index (χ3n) is 2.46. The molecule has 0 saturated carbocycles. The van der Waals surface area contributed by atoms with Crippen LogP contribution in [-0.4, -0.2) is 48.6 Å². The molecule has 1 aliphatic rings. The summed E-state index contributed by atoms with van der Waals surface area (Å²) in [4.78, 5) is 10.6. The molecule has 0 radical (unpaired) electrons. The molecule has 1 unspecified atom stereocenters. The molecular formula is C9H14F3NO3. The largest absolute Gasteiger partial charge is 0.480 e. The van der Waals surface area contributed by atoms with Crippen molar-refractivity contribution in [1.82, 2.24) is 4.90 Å². The number of hydrogen-bond acceptors (Lipinski definition) is 3. The number of carboxylic acids is 1. The van der Waals surface area contributed by atoms with E-state index < -0.39 is 18.9 Å². The number of carbonyl (C=O) groups is 1. The summed E-state index contributed by atoms with van der Waals surface area (Å²) in [6, 6.07) is 0. The quantitative estimate of drug-likeness (QED) is 0.754. The fraction of sp³-hybridized carbons (Fsp3) is 0.889. The van der Waals surface area contributed by atoms with Crippen LogP contribution in [0.4, 0.5) is 13.2 Å². The van der Waals surface area contributed by atoms with Crippen LogP contribution in [-0.2, 0) is 9.53 Å². The van der Waals surface area contributed by atoms with Crippen molar-refractivity contribution in [2.24, 2.45) is 5.92 Å². The molecule has 1 saturated heterocycles. The van der Waals surface area contributed by atoms with Crippen molar-refractivity contribution in [3.8, 4) is 0 Å². The first-order valence-electron chi connectivity index (χ1n) is 5.01. The van der Waals surface area contributed by atoms with Gasteiger partial charge in [0.1, 0.15) is 6.61 Å². The van der Waals surface area contributed by atoms with Crippen LogP contribution in [0.1, 0.15) is 12.8 Å². The Balaban J connectivity index is 2.31. The van der Waals surface area contributed by atoms with Gasteiger partial charge in [-0.15, -0.1) is 0 Å². The van der Waals surface area contributed by atoms with Crippen molar-refractivity contribution in [1.29, 1.82) is 0 Å². The van der Waals surface area contributed by atoms with E-state index in [0.717, 1.165) is 0 Å². The number of alkyl halides is 3. The lowest BCUT2D eigenvalue weighted by Gasteiger charge is -2.33. The molecule has 1 N–H and O–H groups in total. The molecule has 1 aliphatic heterocycles. The van der Waals surface area contributed by atoms with Crippen molar-refractivity contribution in [3.05, 3.63) is 0 Å². The van der Waals surface area contributed by atoms with Crippen molar-refractivity contribution >= 4 is 5.97 Å². The first-order chi connectivity index (χ1) is 7.39. The predicted molar refractivity (Wildman–Crippen MR) is 48.8 cm³/mol. The zero-order valence-electron chi connectivity index (χ0n) is 8.66. The van der Waals surface area contributed by atoms with Gasteiger partial charge in [0.05, 0.1) is 6.61 Å². The maximum absolute atomic E-state index is 12.4. The Bertz CT molecular complexity index is 245. The highest BCUT2D eigenvalue weighted by atomic mass is 19.4. The highest BCUT2D eigenvalue weighted by Crippen LogP contribution is 2.27. The lowest BCUT2D eigenvalue weighted by atomic mass is 9.99. The molecular weight excluding hydrogens is 227 g/mol. The average molecular weight is 241 g/mol. The second kappa shape index (κ2) is 5.49. The molecule has 0 aromatic heterocycles. The highest BCUT2D eigenvalue weighted by Gasteiger charge is 2.39. The molecule has 0 amide bonds. The third kappa shape index (κ3) is 4.36. The van der Waals surface area contributed by atoms with E-state index in [9.17, 15) is 18.0 Å². The van der Waals surface area contributed by atoms with E-state index in [-0.39, 0.29) is 25.6 Å². The zero-order chi connectivity index (χ0) is 12.2. The van der Waals surface area contributed by atoms with Gasteiger partial charge in [-0.1, -0.05) is 0 Å². The summed E-state index contributed by atoms with van der Waals surface area (Å²) in [5.74, 6) is -1.35. The fourth-order valence-corrected chi connectivity index (χ4v) is 1.74. The number of rotatable bonds is 4. The lowest BCUT2D eigenvalue weighted by molar-refractivity contribution is -0.254. The van der Waals surface area contributed by atoms with Crippen molar-refractivity contribution < 1.29 is 27.8 Å². The smallest absolute Gasteiger partial charge is 0.459 e. The molecule has 1 heterocycles. The van der Waals surface area contributed by atoms with Crippen LogP contribution in [0.15, 0.2) is 0 Å². The number of aliphatic carboxylic acids is 1. The standard InChI is InChI=1S/C9H14F3NO3/c10-9(11,12)13-3-1-2-7(4-13)5-16-6-8(14)15/h7H,1-6H2,(H,14,15). The zero-order valence-corrected chi connectivity index (χ0v) is 8.66. The van der Waals surface area contributed by atoms with Gasteiger partial charge in [-0.05, 0) is 18.8 Å². The molecule has 94 valence electrons. The first kappa shape index (κ1) is 13.2. The van der Waals surface area contributed by atoms with Crippen molar-refractivity contribution in [2.45, 2.75) is 19.1 Å². The van der Waals surface area contributed by atoms with Gasteiger partial charge in [0.15, 0.2) is 0 Å². The Hall–Kier alpha value is -0.820. The van der Waals surface area contributed by atoms with E-state index in [1.54, 1.807) is 0 Å². The van der Waals surface area contributed by atoms with Gasteiger partial charge in [0.25, 0.3) is 0 Å². The number of piperidine rings is 1. The lowest BCUT2D eigenvalue weighted by Crippen LogP contribution is -2.45. The minimum absolute atomic E-state index is 0.0128. The third-order valence-corrected chi connectivity index (χ3v) is 2.46. The Labute approximate surface area is 91.0 Å². The van der Waals surface area contributed by atoms with E-state index in [4.69, 9.17) is 9.84 Å². The number of nitrogens with zero attached hydrogens (tertiary/aromatic N) is 1. The molecule has 4 nitrogen and oxygen atoms in total. The van der Waals surface area contributed by atoms with Gasteiger partial charge in [-0.2, -0.15) is 13.2 Å². The summed E-state index contributed by atoms with van der Waals surface area (Å²) in [7, 11) is 0. The normalized spacial score (nSPS) is 23.3. The summed E-state index contributed by atoms with van der Waals surface area (Å²) >= 11 is 0. The Morgan fingerprint density at radius 1 is 1.50 bits per heavy atom. The summed E-state index contributed by atoms with van der Waals surface area (Å²) in [6.07, 6.45) is -3.20. The van der Waals surface area contributed by atoms with Gasteiger partial charge in [-0.25, -0.2) is 9.69 Å². The molecule has 16 heavy (non-hydrogen) atoms. The van der Waals surface area contributed by atoms with E-state index in [2.05, 4.69) is 0 Å². The Morgan fingerprint density at radius 3 is 2.75 bits per heavy atom. The van der Waals surface area contributed by atoms with Crippen LogP contribution in [0.5, 0.6) is 0 Å². The van der Waals surface area contributed by atoms with Gasteiger partial charge < -0.3 is 9.84 Å². The predicted octanol–water partition coefficient (Wildman–Crippen LogP) is 1.32. The SMILES string of the molecule is O=C(O)COCC1CCCN(C(F)(F)F)C1. The average Bonchev–Trinajstić information content (AvgIpc) is 2.16. The minimum Gasteiger partial charge on any atom is -0.480 e. The minimum atomic E-state index is -4.30. The molecule has 0 aromatic carbocycles. The van der Waals surface area contributed by atoms with Crippen LogP contribution >= 0.6 is 0 Å². The summed E-state index contributed by atoms with van der Waals surface area (Å²) < 4.78 is 41.9. The summed E-state index contributed by atoms with van der Waals surface area (Å²) in [5, 5.41) is 8.31. The van der Waals surface area contributed by atoms with Crippen molar-refractivity contribution in [3.63, 3.8) is 0 Å². The van der Waals surface area contributed by atoms with Crippen LogP contribution in [0.2, 0.25) is 0 Å². The van der Waals surface area contributed by atoms with Gasteiger partial charge >= 0.3 is 12.3 Å². The monoisotopic (exact) mass is 241 g/mol. The number of hydrogen-bond donors (Lipinski definition) is 1. The number of likely N-dealkylation sites (tertiary alicyclic amines) is 1. The second-order valence-electron chi connectivity index (χ2n) is 3.83. The molecule has 0 spiro atoms. The number of halogens is 3. The first-order valence-corrected chi connectivity index (χ1v) is 5.01. The highest BCUT2D eigenvalue weighted by molar-refractivity contribution is 5.67. The van der Waals surface area contributed by atoms with E-state index in [0.29, 0.717) is 17.7 Å². The molecule has 1 rings (SSSR count). The summed E-state index contributed by atoms with van der Waals surface area (Å²) in [6.45, 7) is -0.483. The van der Waals surface area contributed by atoms with Crippen LogP contribution < -0.4 is 0 Å².